The number of ether oxygens (including phenoxy) is 1. The Morgan fingerprint density at radius 2 is 1.62 bits per heavy atom. The van der Waals surface area contributed by atoms with E-state index in [0.29, 0.717) is 16.7 Å². The maximum absolute atomic E-state index is 13.8. The van der Waals surface area contributed by atoms with Crippen molar-refractivity contribution in [2.45, 2.75) is 36.2 Å². The van der Waals surface area contributed by atoms with Crippen molar-refractivity contribution < 1.29 is 26.4 Å². The zero-order valence-electron chi connectivity index (χ0n) is 21.4. The largest absolute Gasteiger partial charge is 0.459 e. The Kier molecular flexibility index (Phi) is 7.74. The minimum absolute atomic E-state index is 0.0918. The maximum atomic E-state index is 13.8. The molecule has 4 aromatic rings. The van der Waals surface area contributed by atoms with Crippen LogP contribution in [0.3, 0.4) is 0 Å². The van der Waals surface area contributed by atoms with E-state index in [2.05, 4.69) is 4.98 Å². The van der Waals surface area contributed by atoms with Crippen molar-refractivity contribution in [2.75, 3.05) is 17.1 Å². The number of carbonyl (C=O) groups is 1. The van der Waals surface area contributed by atoms with Gasteiger partial charge in [-0.2, -0.15) is 0 Å². The summed E-state index contributed by atoms with van der Waals surface area (Å²) in [5.41, 5.74) is 0.0635. The summed E-state index contributed by atoms with van der Waals surface area (Å²) in [7, 11) is -7.69. The summed E-state index contributed by atoms with van der Waals surface area (Å²) in [6, 6.07) is 13.6. The Hall–Kier alpha value is -3.12. The van der Waals surface area contributed by atoms with E-state index in [9.17, 15) is 21.6 Å². The smallest absolute Gasteiger partial charge is 0.327 e. The van der Waals surface area contributed by atoms with Gasteiger partial charge in [0, 0.05) is 34.1 Å². The molecule has 4 rings (SSSR count). The number of aromatic nitrogens is 2. The van der Waals surface area contributed by atoms with Crippen molar-refractivity contribution in [2.24, 2.45) is 0 Å². The van der Waals surface area contributed by atoms with E-state index in [1.807, 2.05) is 0 Å². The molecule has 2 aromatic heterocycles. The molecular weight excluding hydrogens is 585 g/mol. The summed E-state index contributed by atoms with van der Waals surface area (Å²) in [6.45, 7) is 4.47. The third-order valence-corrected chi connectivity index (χ3v) is 8.76. The molecule has 0 bridgehead atoms. The number of hydrogen-bond acceptors (Lipinski definition) is 7. The third-order valence-electron chi connectivity index (χ3n) is 5.47. The maximum Gasteiger partial charge on any atom is 0.327 e. The van der Waals surface area contributed by atoms with Crippen LogP contribution >= 0.6 is 23.2 Å². The van der Waals surface area contributed by atoms with Crippen LogP contribution in [0.2, 0.25) is 10.0 Å². The molecule has 0 fully saturated rings. The first-order valence-electron chi connectivity index (χ1n) is 11.5. The van der Waals surface area contributed by atoms with Crippen LogP contribution < -0.4 is 4.31 Å². The van der Waals surface area contributed by atoms with Gasteiger partial charge < -0.3 is 9.30 Å². The second-order valence-corrected chi connectivity index (χ2v) is 14.5. The van der Waals surface area contributed by atoms with Crippen LogP contribution in [0.4, 0.5) is 5.69 Å². The monoisotopic (exact) mass is 609 g/mol. The molecule has 2 aromatic carbocycles. The molecule has 0 saturated carbocycles. The van der Waals surface area contributed by atoms with Crippen LogP contribution in [-0.2, 0) is 29.4 Å². The highest BCUT2D eigenvalue weighted by molar-refractivity contribution is 7.93. The molecule has 0 aliphatic heterocycles. The van der Waals surface area contributed by atoms with Gasteiger partial charge in [0.1, 0.15) is 18.0 Å². The summed E-state index contributed by atoms with van der Waals surface area (Å²) in [4.78, 5) is 16.9. The van der Waals surface area contributed by atoms with Crippen molar-refractivity contribution in [3.05, 3.63) is 77.0 Å². The SMILES string of the molecule is CC(C)(C)OC(=O)CN(c1ccc2c(ccn2-c2ccc(S(C)(=O)=O)cn2)c1)S(=O)(=O)c1cc(Cl)cc(Cl)c1. The third kappa shape index (κ3) is 6.55. The molecule has 0 aliphatic carbocycles. The van der Waals surface area contributed by atoms with E-state index in [0.717, 1.165) is 10.6 Å². The van der Waals surface area contributed by atoms with Gasteiger partial charge in [-0.05, 0) is 75.4 Å². The lowest BCUT2D eigenvalue weighted by molar-refractivity contribution is -0.152. The fourth-order valence-corrected chi connectivity index (χ4v) is 6.52. The van der Waals surface area contributed by atoms with Crippen LogP contribution in [-0.4, -0.2) is 50.8 Å². The van der Waals surface area contributed by atoms with Gasteiger partial charge in [-0.1, -0.05) is 23.2 Å². The number of benzene rings is 2. The highest BCUT2D eigenvalue weighted by Crippen LogP contribution is 2.31. The molecular formula is C26H25Cl2N3O6S2. The van der Waals surface area contributed by atoms with E-state index in [1.54, 1.807) is 61.9 Å². The molecule has 0 aliphatic rings. The van der Waals surface area contributed by atoms with Crippen molar-refractivity contribution >= 4 is 65.6 Å². The Bertz CT molecular complexity index is 1760. The Morgan fingerprint density at radius 3 is 2.18 bits per heavy atom. The van der Waals surface area contributed by atoms with E-state index in [1.165, 1.54) is 30.5 Å². The Balaban J connectivity index is 1.78. The molecule has 0 radical (unpaired) electrons. The summed E-state index contributed by atoms with van der Waals surface area (Å²) in [6.07, 6.45) is 4.10. The second kappa shape index (κ2) is 10.5. The summed E-state index contributed by atoms with van der Waals surface area (Å²) < 4.78 is 59.1. The topological polar surface area (TPSA) is 116 Å². The van der Waals surface area contributed by atoms with E-state index < -0.39 is 38.0 Å². The van der Waals surface area contributed by atoms with Crippen LogP contribution in [0.1, 0.15) is 20.8 Å². The van der Waals surface area contributed by atoms with Crippen molar-refractivity contribution in [3.63, 3.8) is 0 Å². The number of sulfone groups is 1. The molecule has 0 N–H and O–H groups in total. The Labute approximate surface area is 236 Å². The zero-order chi connectivity index (χ0) is 28.8. The number of nitrogens with zero attached hydrogens (tertiary/aromatic N) is 3. The van der Waals surface area contributed by atoms with E-state index in [4.69, 9.17) is 27.9 Å². The molecule has 0 spiro atoms. The summed E-state index contributed by atoms with van der Waals surface area (Å²) >= 11 is 12.1. The van der Waals surface area contributed by atoms with Gasteiger partial charge in [0.05, 0.1) is 21.0 Å². The zero-order valence-corrected chi connectivity index (χ0v) is 24.6. The number of esters is 1. The number of halogens is 2. The molecule has 0 atom stereocenters. The average molecular weight is 611 g/mol. The van der Waals surface area contributed by atoms with Gasteiger partial charge in [-0.15, -0.1) is 0 Å². The predicted molar refractivity (Wildman–Crippen MR) is 151 cm³/mol. The molecule has 13 heteroatoms. The molecule has 0 unspecified atom stereocenters. The molecule has 0 amide bonds. The van der Waals surface area contributed by atoms with Crippen LogP contribution in [0, 0.1) is 0 Å². The summed E-state index contributed by atoms with van der Waals surface area (Å²) in [5.74, 6) is -0.274. The number of anilines is 1. The molecule has 2 heterocycles. The number of carbonyl (C=O) groups excluding carboxylic acids is 1. The first-order valence-corrected chi connectivity index (χ1v) is 15.6. The minimum atomic E-state index is -4.29. The van der Waals surface area contributed by atoms with Crippen LogP contribution in [0.5, 0.6) is 0 Å². The van der Waals surface area contributed by atoms with Crippen LogP contribution in [0.15, 0.2) is 76.8 Å². The Morgan fingerprint density at radius 1 is 0.949 bits per heavy atom. The van der Waals surface area contributed by atoms with Crippen molar-refractivity contribution in [1.82, 2.24) is 9.55 Å². The standard InChI is InChI=1S/C26H25Cl2N3O6S2/c1-26(2,3)37-25(32)16-31(39(35,36)22-13-18(27)12-19(28)14-22)20-5-7-23-17(11-20)9-10-30(23)24-8-6-21(15-29-24)38(4,33)34/h5-15H,16H2,1-4H3. The lowest BCUT2D eigenvalue weighted by atomic mass is 10.2. The first-order chi connectivity index (χ1) is 18.0. The first kappa shape index (κ1) is 28.9. The van der Waals surface area contributed by atoms with Gasteiger partial charge >= 0.3 is 5.97 Å². The molecule has 0 saturated heterocycles. The van der Waals surface area contributed by atoms with Crippen LogP contribution in [0.25, 0.3) is 16.7 Å². The summed E-state index contributed by atoms with van der Waals surface area (Å²) in [5, 5.41) is 0.899. The fourth-order valence-electron chi connectivity index (χ4n) is 3.83. The lowest BCUT2D eigenvalue weighted by Gasteiger charge is -2.26. The minimum Gasteiger partial charge on any atom is -0.459 e. The number of fused-ring (bicyclic) bond motifs is 1. The number of sulfonamides is 1. The number of hydrogen-bond donors (Lipinski definition) is 0. The quantitative estimate of drug-likeness (QED) is 0.262. The second-order valence-electron chi connectivity index (χ2n) is 9.76. The normalized spacial score (nSPS) is 12.5. The number of rotatable bonds is 7. The van der Waals surface area contributed by atoms with Crippen molar-refractivity contribution in [3.8, 4) is 5.82 Å². The van der Waals surface area contributed by atoms with Gasteiger partial charge in [-0.25, -0.2) is 21.8 Å². The lowest BCUT2D eigenvalue weighted by Crippen LogP contribution is -2.39. The number of pyridine rings is 1. The van der Waals surface area contributed by atoms with Gasteiger partial charge in [0.2, 0.25) is 0 Å². The van der Waals surface area contributed by atoms with Crippen molar-refractivity contribution in [1.29, 1.82) is 0 Å². The van der Waals surface area contributed by atoms with Gasteiger partial charge in [-0.3, -0.25) is 9.10 Å². The average Bonchev–Trinajstić information content (AvgIpc) is 3.23. The van der Waals surface area contributed by atoms with E-state index >= 15 is 0 Å². The highest BCUT2D eigenvalue weighted by Gasteiger charge is 2.30. The fraction of sp³-hybridized carbons (Fsp3) is 0.231. The van der Waals surface area contributed by atoms with E-state index in [-0.39, 0.29) is 25.5 Å². The predicted octanol–water partition coefficient (Wildman–Crippen LogP) is 5.27. The molecule has 9 nitrogen and oxygen atoms in total. The molecule has 39 heavy (non-hydrogen) atoms. The molecule has 206 valence electrons. The highest BCUT2D eigenvalue weighted by atomic mass is 35.5. The van der Waals surface area contributed by atoms with Gasteiger partial charge in [0.25, 0.3) is 10.0 Å². The van der Waals surface area contributed by atoms with Gasteiger partial charge in [0.15, 0.2) is 9.84 Å².